The molecule has 2 fully saturated rings. The van der Waals surface area contributed by atoms with Gasteiger partial charge in [-0.15, -0.1) is 0 Å². The van der Waals surface area contributed by atoms with Gasteiger partial charge in [0.1, 0.15) is 17.8 Å². The molecule has 3 aliphatic carbocycles. The highest BCUT2D eigenvalue weighted by molar-refractivity contribution is 6.09. The van der Waals surface area contributed by atoms with Gasteiger partial charge in [0, 0.05) is 17.4 Å². The predicted molar refractivity (Wildman–Crippen MR) is 140 cm³/mol. The topological polar surface area (TPSA) is 158 Å². The minimum atomic E-state index is -2.51. The average molecular weight is 526 g/mol. The minimum Gasteiger partial charge on any atom is -0.507 e. The molecule has 8 heteroatoms. The molecule has 0 aromatic heterocycles. The van der Waals surface area contributed by atoms with Crippen LogP contribution in [0, 0.1) is 46.3 Å². The second-order valence-corrected chi connectivity index (χ2v) is 12.4. The van der Waals surface area contributed by atoms with Gasteiger partial charge >= 0.3 is 0 Å². The van der Waals surface area contributed by atoms with Crippen molar-refractivity contribution in [3.8, 4) is 17.6 Å². The van der Waals surface area contributed by atoms with E-state index in [-0.39, 0.29) is 30.1 Å². The Balaban J connectivity index is 1.92. The number of aromatic hydroxyl groups is 1. The van der Waals surface area contributed by atoms with Gasteiger partial charge < -0.3 is 26.2 Å². The third-order valence-corrected chi connectivity index (χ3v) is 9.54. The number of hydrogen-bond acceptors (Lipinski definition) is 7. The van der Waals surface area contributed by atoms with Crippen LogP contribution in [0.25, 0.3) is 0 Å². The van der Waals surface area contributed by atoms with Crippen molar-refractivity contribution in [3.05, 3.63) is 28.8 Å². The van der Waals surface area contributed by atoms with Gasteiger partial charge in [-0.25, -0.2) is 0 Å². The minimum absolute atomic E-state index is 0.0381. The number of aliphatic hydroxyl groups excluding tert-OH is 2. The van der Waals surface area contributed by atoms with Gasteiger partial charge in [-0.2, -0.15) is 0 Å². The highest BCUT2D eigenvalue weighted by Crippen LogP contribution is 2.65. The van der Waals surface area contributed by atoms with Crippen molar-refractivity contribution < 1.29 is 34.8 Å². The van der Waals surface area contributed by atoms with Crippen LogP contribution in [-0.2, 0) is 16.0 Å². The molecule has 1 amide bonds. The van der Waals surface area contributed by atoms with Crippen LogP contribution < -0.4 is 5.73 Å². The number of phenolic OH excluding ortho intramolecular Hbond substituents is 1. The smallest absolute Gasteiger partial charge is 0.230 e. The number of hydrogen-bond donors (Lipinski definition) is 5. The number of rotatable bonds is 4. The number of Topliss-reactive ketones (excluding diaryl/α,β-unsaturated/α-hetero) is 2. The molecule has 38 heavy (non-hydrogen) atoms. The number of nitrogens with two attached hydrogens (primary N) is 1. The first kappa shape index (κ1) is 28.3. The number of benzene rings is 1. The molecule has 4 rings (SSSR count). The zero-order chi connectivity index (χ0) is 28.4. The molecule has 0 saturated heterocycles. The standard InChI is InChI=1S/C30H39NO7/c1-6-7-8-9-10-16-11-12-18(32)19-17(16)13-28(4)14-29(5)21(15(2)3)24(34)20(27(31)37)25(35)30(29,38)26(36)22(28)23(19)33/h11-12,15,20-22,24,26,32,34,36,38H,6-8,13-14H2,1-5H3,(H2,31,37)/t20-,21+,22-,24?,26?,28-,29-,30+/m1/s1. The lowest BCUT2D eigenvalue weighted by atomic mass is 9.39. The van der Waals surface area contributed by atoms with Gasteiger partial charge in [0.2, 0.25) is 5.91 Å². The van der Waals surface area contributed by atoms with E-state index in [2.05, 4.69) is 18.8 Å². The molecule has 1 aromatic carbocycles. The van der Waals surface area contributed by atoms with Crippen LogP contribution in [0.2, 0.25) is 0 Å². The molecular weight excluding hydrogens is 486 g/mol. The number of unbranched alkanes of at least 4 members (excludes halogenated alkanes) is 2. The Labute approximate surface area is 223 Å². The molecule has 8 atom stereocenters. The highest BCUT2D eigenvalue weighted by Gasteiger charge is 2.75. The first-order valence-corrected chi connectivity index (χ1v) is 13.5. The van der Waals surface area contributed by atoms with E-state index in [1.54, 1.807) is 13.0 Å². The Hall–Kier alpha value is -2.73. The summed E-state index contributed by atoms with van der Waals surface area (Å²) in [7, 11) is 0. The second-order valence-electron chi connectivity index (χ2n) is 12.4. The van der Waals surface area contributed by atoms with E-state index in [9.17, 15) is 34.8 Å². The second kappa shape index (κ2) is 9.48. The van der Waals surface area contributed by atoms with Gasteiger partial charge in [0.05, 0.1) is 17.6 Å². The summed E-state index contributed by atoms with van der Waals surface area (Å²) in [5.41, 5.74) is 1.91. The number of carbonyl (C=O) groups is 3. The zero-order valence-electron chi connectivity index (χ0n) is 22.7. The number of carbonyl (C=O) groups excluding carboxylic acids is 3. The van der Waals surface area contributed by atoms with Crippen LogP contribution in [0.1, 0.15) is 81.8 Å². The van der Waals surface area contributed by atoms with E-state index in [4.69, 9.17) is 5.73 Å². The fraction of sp³-hybridized carbons (Fsp3) is 0.633. The van der Waals surface area contributed by atoms with E-state index in [1.807, 2.05) is 20.8 Å². The van der Waals surface area contributed by atoms with Gasteiger partial charge in [-0.1, -0.05) is 52.9 Å². The molecule has 0 spiro atoms. The number of fused-ring (bicyclic) bond motifs is 3. The fourth-order valence-electron chi connectivity index (χ4n) is 8.07. The van der Waals surface area contributed by atoms with E-state index >= 15 is 0 Å². The van der Waals surface area contributed by atoms with Crippen LogP contribution in [-0.4, -0.2) is 55.7 Å². The molecule has 2 unspecified atom stereocenters. The van der Waals surface area contributed by atoms with Crippen molar-refractivity contribution in [3.63, 3.8) is 0 Å². The lowest BCUT2D eigenvalue weighted by Gasteiger charge is -2.66. The van der Waals surface area contributed by atoms with E-state index in [0.717, 1.165) is 12.8 Å². The summed E-state index contributed by atoms with van der Waals surface area (Å²) >= 11 is 0. The van der Waals surface area contributed by atoms with Crippen molar-refractivity contribution in [2.24, 2.45) is 40.2 Å². The van der Waals surface area contributed by atoms with Crippen LogP contribution in [0.15, 0.2) is 12.1 Å². The molecule has 0 aliphatic heterocycles. The molecule has 0 radical (unpaired) electrons. The summed E-state index contributed by atoms with van der Waals surface area (Å²) < 4.78 is 0. The van der Waals surface area contributed by atoms with Crippen LogP contribution in [0.5, 0.6) is 5.75 Å². The van der Waals surface area contributed by atoms with Crippen molar-refractivity contribution in [2.75, 3.05) is 0 Å². The predicted octanol–water partition coefficient (Wildman–Crippen LogP) is 2.11. The van der Waals surface area contributed by atoms with Gasteiger partial charge in [-0.3, -0.25) is 14.4 Å². The molecule has 2 saturated carbocycles. The molecule has 206 valence electrons. The van der Waals surface area contributed by atoms with E-state index in [1.165, 1.54) is 6.07 Å². The fourth-order valence-corrected chi connectivity index (χ4v) is 8.07. The SMILES string of the molecule is CCCCC#Cc1ccc(O)c2c1C[C@]1(C)C[C@]3(C)[C@@H](C(C)C)C(O)[C@@H](C(N)=O)C(=O)[C@]3(O)C(O)[C@H]1C2=O. The highest BCUT2D eigenvalue weighted by atomic mass is 16.4. The summed E-state index contributed by atoms with van der Waals surface area (Å²) in [6, 6.07) is 3.08. The summed E-state index contributed by atoms with van der Waals surface area (Å²) in [5, 5.41) is 45.8. The van der Waals surface area contributed by atoms with Crippen molar-refractivity contribution in [2.45, 2.75) is 84.5 Å². The maximum Gasteiger partial charge on any atom is 0.230 e. The molecule has 1 aromatic rings. The Morgan fingerprint density at radius 2 is 1.87 bits per heavy atom. The van der Waals surface area contributed by atoms with Crippen molar-refractivity contribution in [1.82, 2.24) is 0 Å². The third-order valence-electron chi connectivity index (χ3n) is 9.54. The Kier molecular flexibility index (Phi) is 7.05. The molecular formula is C30H39NO7. The lowest BCUT2D eigenvalue weighted by molar-refractivity contribution is -0.265. The quantitative estimate of drug-likeness (QED) is 0.229. The summed E-state index contributed by atoms with van der Waals surface area (Å²) in [4.78, 5) is 40.0. The Bertz CT molecular complexity index is 1240. The van der Waals surface area contributed by atoms with E-state index < -0.39 is 63.9 Å². The maximum atomic E-state index is 14.0. The van der Waals surface area contributed by atoms with Crippen LogP contribution in [0.4, 0.5) is 0 Å². The van der Waals surface area contributed by atoms with E-state index in [0.29, 0.717) is 17.5 Å². The number of aliphatic hydroxyl groups is 3. The molecule has 6 N–H and O–H groups in total. The molecule has 8 nitrogen and oxygen atoms in total. The summed E-state index contributed by atoms with van der Waals surface area (Å²) in [6.07, 6.45) is -0.323. The maximum absolute atomic E-state index is 14.0. The average Bonchev–Trinajstić information content (AvgIpc) is 2.79. The number of phenols is 1. The van der Waals surface area contributed by atoms with Crippen molar-refractivity contribution >= 4 is 17.5 Å². The lowest BCUT2D eigenvalue weighted by Crippen LogP contribution is -2.79. The van der Waals surface area contributed by atoms with Gasteiger partial charge in [0.25, 0.3) is 0 Å². The Morgan fingerprint density at radius 1 is 1.21 bits per heavy atom. The summed E-state index contributed by atoms with van der Waals surface area (Å²) in [5.74, 6) is -0.729. The summed E-state index contributed by atoms with van der Waals surface area (Å²) in [6.45, 7) is 9.19. The Morgan fingerprint density at radius 3 is 2.45 bits per heavy atom. The normalized spacial score (nSPS) is 38.1. The van der Waals surface area contributed by atoms with Gasteiger partial charge in [-0.05, 0) is 54.2 Å². The number of ketones is 2. The first-order chi connectivity index (χ1) is 17.7. The molecule has 0 heterocycles. The zero-order valence-corrected chi connectivity index (χ0v) is 22.7. The number of amides is 1. The largest absolute Gasteiger partial charge is 0.507 e. The molecule has 0 bridgehead atoms. The van der Waals surface area contributed by atoms with Crippen molar-refractivity contribution in [1.29, 1.82) is 0 Å². The van der Waals surface area contributed by atoms with Crippen LogP contribution >= 0.6 is 0 Å². The van der Waals surface area contributed by atoms with Gasteiger partial charge in [0.15, 0.2) is 17.2 Å². The monoisotopic (exact) mass is 525 g/mol. The van der Waals surface area contributed by atoms with Crippen LogP contribution in [0.3, 0.4) is 0 Å². The molecule has 3 aliphatic rings. The third kappa shape index (κ3) is 3.74. The first-order valence-electron chi connectivity index (χ1n) is 13.5. The number of primary amides is 1.